The highest BCUT2D eigenvalue weighted by molar-refractivity contribution is 5.86. The number of fused-ring (bicyclic) bond motifs is 1. The quantitative estimate of drug-likeness (QED) is 0.512. The summed E-state index contributed by atoms with van der Waals surface area (Å²) in [6.45, 7) is 6.99. The van der Waals surface area contributed by atoms with Gasteiger partial charge in [-0.1, -0.05) is 51.0 Å². The number of aromatic nitrogens is 1. The zero-order valence-electron chi connectivity index (χ0n) is 17.8. The minimum atomic E-state index is 0.110. The van der Waals surface area contributed by atoms with Gasteiger partial charge in [-0.25, -0.2) is 4.98 Å². The van der Waals surface area contributed by atoms with Crippen molar-refractivity contribution in [2.45, 2.75) is 57.5 Å². The van der Waals surface area contributed by atoms with Gasteiger partial charge in [0.15, 0.2) is 0 Å². The number of aliphatic hydroxyl groups is 1. The van der Waals surface area contributed by atoms with Crippen LogP contribution in [-0.4, -0.2) is 42.4 Å². The van der Waals surface area contributed by atoms with Gasteiger partial charge >= 0.3 is 0 Å². The zero-order valence-corrected chi connectivity index (χ0v) is 17.8. The number of hydrogen-bond donors (Lipinski definition) is 3. The number of ether oxygens (including phenoxy) is 1. The summed E-state index contributed by atoms with van der Waals surface area (Å²) in [7, 11) is 1.62. The molecule has 5 heteroatoms. The van der Waals surface area contributed by atoms with Gasteiger partial charge in [-0.2, -0.15) is 0 Å². The smallest absolute Gasteiger partial charge is 0.137 e. The number of hydrogen-bond acceptors (Lipinski definition) is 5. The second-order valence-corrected chi connectivity index (χ2v) is 8.04. The number of anilines is 1. The van der Waals surface area contributed by atoms with Crippen molar-refractivity contribution in [1.82, 2.24) is 10.3 Å². The van der Waals surface area contributed by atoms with E-state index in [0.717, 1.165) is 28.7 Å². The SMILES string of the molecule is C=C(OC)c1cc2ccccc2nc1NCC(CO)C(CC)NC1CCCCC1. The van der Waals surface area contributed by atoms with Crippen LogP contribution in [-0.2, 0) is 4.74 Å². The third-order valence-electron chi connectivity index (χ3n) is 6.10. The van der Waals surface area contributed by atoms with Crippen molar-refractivity contribution >= 4 is 22.5 Å². The maximum atomic E-state index is 10.1. The van der Waals surface area contributed by atoms with Crippen LogP contribution >= 0.6 is 0 Å². The molecular formula is C24H35N3O2. The first-order chi connectivity index (χ1) is 14.2. The number of rotatable bonds is 10. The highest BCUT2D eigenvalue weighted by atomic mass is 16.5. The Morgan fingerprint density at radius 2 is 2.03 bits per heavy atom. The van der Waals surface area contributed by atoms with Crippen molar-refractivity contribution in [2.75, 3.05) is 25.6 Å². The van der Waals surface area contributed by atoms with E-state index in [4.69, 9.17) is 9.72 Å². The molecule has 158 valence electrons. The average Bonchev–Trinajstić information content (AvgIpc) is 2.78. The molecule has 1 aromatic heterocycles. The van der Waals surface area contributed by atoms with Gasteiger partial charge in [0.2, 0.25) is 0 Å². The fourth-order valence-corrected chi connectivity index (χ4v) is 4.29. The Bertz CT molecular complexity index is 802. The highest BCUT2D eigenvalue weighted by Crippen LogP contribution is 2.27. The van der Waals surface area contributed by atoms with Crippen LogP contribution < -0.4 is 10.6 Å². The lowest BCUT2D eigenvalue weighted by atomic mass is 9.91. The van der Waals surface area contributed by atoms with E-state index in [0.29, 0.717) is 18.3 Å². The number of nitrogens with zero attached hydrogens (tertiary/aromatic N) is 1. The van der Waals surface area contributed by atoms with Gasteiger partial charge in [0.25, 0.3) is 0 Å². The van der Waals surface area contributed by atoms with Gasteiger partial charge in [-0.15, -0.1) is 0 Å². The normalized spacial score (nSPS) is 17.1. The van der Waals surface area contributed by atoms with E-state index in [9.17, 15) is 5.11 Å². The summed E-state index contributed by atoms with van der Waals surface area (Å²) in [5.74, 6) is 1.44. The predicted octanol–water partition coefficient (Wildman–Crippen LogP) is 4.57. The lowest BCUT2D eigenvalue weighted by Crippen LogP contribution is -2.46. The van der Waals surface area contributed by atoms with Crippen LogP contribution in [0.4, 0.5) is 5.82 Å². The number of pyridine rings is 1. The van der Waals surface area contributed by atoms with Gasteiger partial charge in [0.1, 0.15) is 11.6 Å². The maximum absolute atomic E-state index is 10.1. The molecule has 2 aromatic rings. The molecule has 1 aliphatic carbocycles. The summed E-state index contributed by atoms with van der Waals surface area (Å²) < 4.78 is 5.39. The van der Waals surface area contributed by atoms with Crippen LogP contribution in [0.15, 0.2) is 36.9 Å². The molecule has 0 radical (unpaired) electrons. The minimum Gasteiger partial charge on any atom is -0.497 e. The molecule has 0 bridgehead atoms. The van der Waals surface area contributed by atoms with Crippen molar-refractivity contribution in [1.29, 1.82) is 0 Å². The van der Waals surface area contributed by atoms with E-state index in [2.05, 4.69) is 30.2 Å². The molecule has 29 heavy (non-hydrogen) atoms. The van der Waals surface area contributed by atoms with Crippen LogP contribution in [0.2, 0.25) is 0 Å². The van der Waals surface area contributed by atoms with E-state index in [1.165, 1.54) is 32.1 Å². The Morgan fingerprint density at radius 3 is 2.72 bits per heavy atom. The van der Waals surface area contributed by atoms with Crippen LogP contribution in [0.3, 0.4) is 0 Å². The first-order valence-corrected chi connectivity index (χ1v) is 10.9. The Kier molecular flexibility index (Phi) is 7.90. The number of para-hydroxylation sites is 1. The standard InChI is InChI=1S/C24H35N3O2/c1-4-22(26-20-11-6-5-7-12-20)19(16-28)15-25-24-21(17(2)29-3)14-18-10-8-9-13-23(18)27-24/h8-10,13-14,19-20,22,26,28H,2,4-7,11-12,15-16H2,1,3H3,(H,25,27). The zero-order chi connectivity index (χ0) is 20.6. The van der Waals surface area contributed by atoms with Crippen molar-refractivity contribution in [3.8, 4) is 0 Å². The topological polar surface area (TPSA) is 66.4 Å². The van der Waals surface area contributed by atoms with Gasteiger partial charge in [0.05, 0.1) is 18.2 Å². The van der Waals surface area contributed by atoms with Gasteiger partial charge in [0, 0.05) is 36.5 Å². The molecule has 0 amide bonds. The molecule has 3 N–H and O–H groups in total. The Morgan fingerprint density at radius 1 is 1.28 bits per heavy atom. The second kappa shape index (κ2) is 10.6. The first kappa shape index (κ1) is 21.6. The van der Waals surface area contributed by atoms with Crippen molar-refractivity contribution in [3.05, 3.63) is 42.5 Å². The summed E-state index contributed by atoms with van der Waals surface area (Å²) >= 11 is 0. The molecule has 2 unspecified atom stereocenters. The van der Waals surface area contributed by atoms with Gasteiger partial charge in [-0.05, 0) is 31.4 Å². The van der Waals surface area contributed by atoms with Crippen molar-refractivity contribution < 1.29 is 9.84 Å². The van der Waals surface area contributed by atoms with Gasteiger partial charge in [-0.3, -0.25) is 0 Å². The maximum Gasteiger partial charge on any atom is 0.137 e. The van der Waals surface area contributed by atoms with Crippen molar-refractivity contribution in [3.63, 3.8) is 0 Å². The van der Waals surface area contributed by atoms with Gasteiger partial charge < -0.3 is 20.5 Å². The molecule has 1 heterocycles. The summed E-state index contributed by atoms with van der Waals surface area (Å²) in [5.41, 5.74) is 1.78. The van der Waals surface area contributed by atoms with Crippen LogP contribution in [0, 0.1) is 5.92 Å². The third-order valence-corrected chi connectivity index (χ3v) is 6.10. The van der Waals surface area contributed by atoms with Crippen LogP contribution in [0.25, 0.3) is 16.7 Å². The lowest BCUT2D eigenvalue weighted by Gasteiger charge is -2.32. The Labute approximate surface area is 174 Å². The largest absolute Gasteiger partial charge is 0.497 e. The molecule has 0 spiro atoms. The van der Waals surface area contributed by atoms with Crippen molar-refractivity contribution in [2.24, 2.45) is 5.92 Å². The third kappa shape index (κ3) is 5.49. The van der Waals surface area contributed by atoms with Crippen LogP contribution in [0.1, 0.15) is 51.0 Å². The fourth-order valence-electron chi connectivity index (χ4n) is 4.29. The second-order valence-electron chi connectivity index (χ2n) is 8.04. The predicted molar refractivity (Wildman–Crippen MR) is 121 cm³/mol. The highest BCUT2D eigenvalue weighted by Gasteiger charge is 2.24. The lowest BCUT2D eigenvalue weighted by molar-refractivity contribution is 0.180. The summed E-state index contributed by atoms with van der Waals surface area (Å²) in [6.07, 6.45) is 7.43. The summed E-state index contributed by atoms with van der Waals surface area (Å²) in [6, 6.07) is 10.9. The van der Waals surface area contributed by atoms with E-state index in [1.54, 1.807) is 7.11 Å². The molecule has 1 saturated carbocycles. The van der Waals surface area contributed by atoms with E-state index in [-0.39, 0.29) is 18.6 Å². The minimum absolute atomic E-state index is 0.110. The molecule has 1 aliphatic rings. The number of benzene rings is 1. The van der Waals surface area contributed by atoms with E-state index >= 15 is 0 Å². The Hall–Kier alpha value is -2.11. The monoisotopic (exact) mass is 397 g/mol. The molecule has 5 nitrogen and oxygen atoms in total. The van der Waals surface area contributed by atoms with Crippen LogP contribution in [0.5, 0.6) is 0 Å². The number of nitrogens with one attached hydrogen (secondary N) is 2. The molecule has 2 atom stereocenters. The molecule has 0 saturated heterocycles. The molecule has 3 rings (SSSR count). The van der Waals surface area contributed by atoms with E-state index < -0.39 is 0 Å². The first-order valence-electron chi connectivity index (χ1n) is 10.9. The molecular weight excluding hydrogens is 362 g/mol. The summed E-state index contributed by atoms with van der Waals surface area (Å²) in [5, 5.41) is 18.4. The summed E-state index contributed by atoms with van der Waals surface area (Å²) in [4.78, 5) is 4.80. The fraction of sp³-hybridized carbons (Fsp3) is 0.542. The number of methoxy groups -OCH3 is 1. The molecule has 0 aliphatic heterocycles. The average molecular weight is 398 g/mol. The number of aliphatic hydroxyl groups excluding tert-OH is 1. The molecule has 1 aromatic carbocycles. The molecule has 1 fully saturated rings. The Balaban J connectivity index is 1.74. The van der Waals surface area contributed by atoms with E-state index in [1.807, 2.05) is 24.3 Å².